The van der Waals surface area contributed by atoms with E-state index >= 15 is 0 Å². The van der Waals surface area contributed by atoms with Gasteiger partial charge in [0.25, 0.3) is 0 Å². The number of hydrogen-bond acceptors (Lipinski definition) is 7. The first-order valence-electron chi connectivity index (χ1n) is 14.6. The Bertz CT molecular complexity index is 1010. The molecule has 4 atom stereocenters. The molecule has 0 bridgehead atoms. The quantitative estimate of drug-likeness (QED) is 0.224. The number of cyclic esters (lactones) is 1. The summed E-state index contributed by atoms with van der Waals surface area (Å²) in [6, 6.07) is 5.76. The fourth-order valence-corrected chi connectivity index (χ4v) is 4.95. The summed E-state index contributed by atoms with van der Waals surface area (Å²) in [4.78, 5) is 37.2. The zero-order valence-electron chi connectivity index (χ0n) is 26.1. The number of methoxy groups -OCH3 is 2. The molecule has 0 spiro atoms. The molecule has 1 saturated heterocycles. The van der Waals surface area contributed by atoms with E-state index in [0.717, 1.165) is 18.4 Å². The Morgan fingerprint density at radius 2 is 1.78 bits per heavy atom. The molecule has 3 amide bonds. The van der Waals surface area contributed by atoms with Crippen LogP contribution in [0.4, 0.5) is 4.79 Å². The van der Waals surface area contributed by atoms with Gasteiger partial charge in [0.1, 0.15) is 6.10 Å². The fourth-order valence-electron chi connectivity index (χ4n) is 4.95. The minimum Gasteiger partial charge on any atom is -0.493 e. The number of amides is 3. The molecule has 1 aromatic rings. The van der Waals surface area contributed by atoms with Crippen LogP contribution in [0.3, 0.4) is 0 Å². The van der Waals surface area contributed by atoms with E-state index in [-0.39, 0.29) is 30.3 Å². The highest BCUT2D eigenvalue weighted by molar-refractivity contribution is 5.83. The van der Waals surface area contributed by atoms with Gasteiger partial charge in [-0.1, -0.05) is 33.8 Å². The van der Waals surface area contributed by atoms with Crippen molar-refractivity contribution < 1.29 is 33.3 Å². The second-order valence-corrected chi connectivity index (χ2v) is 12.4. The minimum atomic E-state index is -0.859. The van der Waals surface area contributed by atoms with E-state index in [1.165, 1.54) is 0 Å². The zero-order chi connectivity index (χ0) is 30.7. The molecule has 10 heteroatoms. The molecule has 1 aliphatic rings. The van der Waals surface area contributed by atoms with Crippen molar-refractivity contribution in [2.24, 2.45) is 34.8 Å². The number of nitrogens with two attached hydrogens (primary N) is 1. The number of hydrogen-bond donors (Lipinski definition) is 3. The van der Waals surface area contributed by atoms with Crippen molar-refractivity contribution in [3.8, 4) is 11.5 Å². The van der Waals surface area contributed by atoms with Gasteiger partial charge in [-0.05, 0) is 68.6 Å². The van der Waals surface area contributed by atoms with Crippen LogP contribution in [-0.2, 0) is 25.5 Å². The number of primary amides is 1. The Kier molecular flexibility index (Phi) is 13.2. The number of alkyl carbamates (subject to hydrolysis) is 1. The first-order valence-corrected chi connectivity index (χ1v) is 14.6. The van der Waals surface area contributed by atoms with Crippen molar-refractivity contribution in [3.63, 3.8) is 0 Å². The number of rotatable bonds is 18. The molecule has 0 aliphatic carbocycles. The molecule has 1 aromatic carbocycles. The predicted molar refractivity (Wildman–Crippen MR) is 158 cm³/mol. The molecule has 41 heavy (non-hydrogen) atoms. The zero-order valence-corrected chi connectivity index (χ0v) is 26.1. The van der Waals surface area contributed by atoms with Crippen LogP contribution < -0.4 is 25.8 Å². The van der Waals surface area contributed by atoms with Crippen molar-refractivity contribution in [2.45, 2.75) is 79.4 Å². The summed E-state index contributed by atoms with van der Waals surface area (Å²) in [5, 5.41) is 5.87. The first-order chi connectivity index (χ1) is 19.3. The lowest BCUT2D eigenvalue weighted by atomic mass is 9.80. The van der Waals surface area contributed by atoms with Crippen LogP contribution in [0.25, 0.3) is 0 Å². The van der Waals surface area contributed by atoms with Gasteiger partial charge < -0.3 is 35.3 Å². The van der Waals surface area contributed by atoms with Crippen LogP contribution in [-0.4, -0.2) is 64.0 Å². The van der Waals surface area contributed by atoms with Gasteiger partial charge >= 0.3 is 6.09 Å². The van der Waals surface area contributed by atoms with Crippen LogP contribution >= 0.6 is 0 Å². The van der Waals surface area contributed by atoms with Crippen LogP contribution in [0, 0.1) is 29.1 Å². The Balaban J connectivity index is 2.13. The van der Waals surface area contributed by atoms with E-state index in [0.29, 0.717) is 43.5 Å². The van der Waals surface area contributed by atoms with Crippen molar-refractivity contribution >= 4 is 17.9 Å². The van der Waals surface area contributed by atoms with Gasteiger partial charge in [-0.15, -0.1) is 0 Å². The Morgan fingerprint density at radius 3 is 2.37 bits per heavy atom. The molecule has 1 aliphatic heterocycles. The summed E-state index contributed by atoms with van der Waals surface area (Å²) in [6.45, 7) is 13.0. The standard InChI is InChI=1S/C31H51N3O7/c1-19(2)22(14-21-10-11-25(39-8)27(15-21)40-13-9-12-38-7)16-24-26(41-30(37)34-24)17-23(20(3)4)28(35)33-18-31(5,6)29(32)36/h10-11,15,19-20,22-24,26H,9,12-14,16-18H2,1-8H3,(H2,32,36)(H,33,35)(H,34,37). The largest absolute Gasteiger partial charge is 0.493 e. The number of nitrogens with one attached hydrogen (secondary N) is 2. The van der Waals surface area contributed by atoms with E-state index < -0.39 is 29.4 Å². The van der Waals surface area contributed by atoms with Gasteiger partial charge in [-0.25, -0.2) is 4.79 Å². The molecular formula is C31H51N3O7. The number of benzene rings is 1. The van der Waals surface area contributed by atoms with Crippen LogP contribution in [0.2, 0.25) is 0 Å². The van der Waals surface area contributed by atoms with Crippen LogP contribution in [0.1, 0.15) is 66.4 Å². The van der Waals surface area contributed by atoms with Gasteiger partial charge in [0, 0.05) is 32.6 Å². The average Bonchev–Trinajstić information content (AvgIpc) is 3.26. The molecular weight excluding hydrogens is 526 g/mol. The number of ether oxygens (including phenoxy) is 4. The molecule has 0 saturated carbocycles. The SMILES string of the molecule is COCCCOc1cc(CC(CC2NC(=O)OC2CC(C(=O)NCC(C)(C)C(N)=O)C(C)C)C(C)C)ccc1OC. The van der Waals surface area contributed by atoms with E-state index in [9.17, 15) is 14.4 Å². The van der Waals surface area contributed by atoms with Crippen molar-refractivity contribution in [1.29, 1.82) is 0 Å². The molecule has 1 heterocycles. The Labute approximate surface area is 245 Å². The maximum Gasteiger partial charge on any atom is 0.407 e. The molecule has 2 rings (SSSR count). The van der Waals surface area contributed by atoms with Gasteiger partial charge in [-0.2, -0.15) is 0 Å². The molecule has 1 fully saturated rings. The lowest BCUT2D eigenvalue weighted by Crippen LogP contribution is -2.46. The highest BCUT2D eigenvalue weighted by atomic mass is 16.6. The molecule has 232 valence electrons. The van der Waals surface area contributed by atoms with Crippen molar-refractivity contribution in [1.82, 2.24) is 10.6 Å². The Hall–Kier alpha value is -3.01. The van der Waals surface area contributed by atoms with Crippen LogP contribution in [0.15, 0.2) is 18.2 Å². The topological polar surface area (TPSA) is 138 Å². The fraction of sp³-hybridized carbons (Fsp3) is 0.710. The monoisotopic (exact) mass is 577 g/mol. The smallest absolute Gasteiger partial charge is 0.407 e. The lowest BCUT2D eigenvalue weighted by Gasteiger charge is -2.29. The van der Waals surface area contributed by atoms with Gasteiger partial charge in [0.15, 0.2) is 11.5 Å². The van der Waals surface area contributed by atoms with E-state index in [1.54, 1.807) is 28.1 Å². The highest BCUT2D eigenvalue weighted by Crippen LogP contribution is 2.33. The van der Waals surface area contributed by atoms with Crippen LogP contribution in [0.5, 0.6) is 11.5 Å². The predicted octanol–water partition coefficient (Wildman–Crippen LogP) is 4.08. The molecule has 4 N–H and O–H groups in total. The number of carbonyl (C=O) groups excluding carboxylic acids is 3. The second kappa shape index (κ2) is 15.8. The van der Waals surface area contributed by atoms with E-state index in [1.807, 2.05) is 32.0 Å². The van der Waals surface area contributed by atoms with Gasteiger partial charge in [0.2, 0.25) is 11.8 Å². The third-order valence-electron chi connectivity index (χ3n) is 7.99. The molecule has 10 nitrogen and oxygen atoms in total. The molecule has 4 unspecified atom stereocenters. The van der Waals surface area contributed by atoms with E-state index in [4.69, 9.17) is 24.7 Å². The number of carbonyl (C=O) groups is 3. The second-order valence-electron chi connectivity index (χ2n) is 12.4. The lowest BCUT2D eigenvalue weighted by molar-refractivity contribution is -0.129. The summed E-state index contributed by atoms with van der Waals surface area (Å²) in [7, 11) is 3.29. The maximum atomic E-state index is 13.1. The normalized spacial score (nSPS) is 18.5. The minimum absolute atomic E-state index is 0.00847. The average molecular weight is 578 g/mol. The Morgan fingerprint density at radius 1 is 1.07 bits per heavy atom. The first kappa shape index (κ1) is 34.2. The third-order valence-corrected chi connectivity index (χ3v) is 7.99. The summed E-state index contributed by atoms with van der Waals surface area (Å²) in [5.74, 6) is 0.917. The highest BCUT2D eigenvalue weighted by Gasteiger charge is 2.40. The van der Waals surface area contributed by atoms with E-state index in [2.05, 4.69) is 24.5 Å². The molecule has 0 radical (unpaired) electrons. The summed E-state index contributed by atoms with van der Waals surface area (Å²) in [5.41, 5.74) is 5.72. The summed E-state index contributed by atoms with van der Waals surface area (Å²) < 4.78 is 22.3. The maximum absolute atomic E-state index is 13.1. The summed E-state index contributed by atoms with van der Waals surface area (Å²) >= 11 is 0. The third kappa shape index (κ3) is 10.4. The summed E-state index contributed by atoms with van der Waals surface area (Å²) in [6.07, 6.45) is 1.74. The van der Waals surface area contributed by atoms with Crippen molar-refractivity contribution in [3.05, 3.63) is 23.8 Å². The van der Waals surface area contributed by atoms with Crippen molar-refractivity contribution in [2.75, 3.05) is 34.0 Å². The molecule has 0 aromatic heterocycles. The van der Waals surface area contributed by atoms with Gasteiger partial charge in [-0.3, -0.25) is 9.59 Å². The van der Waals surface area contributed by atoms with Gasteiger partial charge in [0.05, 0.1) is 25.2 Å².